The highest BCUT2D eigenvalue weighted by atomic mass is 14.8. The van der Waals surface area contributed by atoms with Crippen molar-refractivity contribution in [2.45, 2.75) is 31.2 Å². The fourth-order valence-corrected chi connectivity index (χ4v) is 6.83. The predicted octanol–water partition coefficient (Wildman–Crippen LogP) is 9.88. The highest BCUT2D eigenvalue weighted by Crippen LogP contribution is 2.40. The van der Waals surface area contributed by atoms with Crippen LogP contribution in [-0.2, 0) is 0 Å². The summed E-state index contributed by atoms with van der Waals surface area (Å²) in [7, 11) is 0. The van der Waals surface area contributed by atoms with Crippen LogP contribution in [0.4, 0.5) is 0 Å². The zero-order valence-electron chi connectivity index (χ0n) is 23.5. The van der Waals surface area contributed by atoms with Crippen molar-refractivity contribution in [1.29, 1.82) is 0 Å². The molecular weight excluding hydrogens is 508 g/mol. The second-order valence-electron chi connectivity index (χ2n) is 11.6. The number of dihydropyridines is 1. The molecule has 8 rings (SSSR count). The average Bonchev–Trinajstić information content (AvgIpc) is 3.07. The fraction of sp³-hybridized carbons (Fsp3) is 0.150. The van der Waals surface area contributed by atoms with Crippen LogP contribution in [0.25, 0.3) is 38.5 Å². The first-order chi connectivity index (χ1) is 20.8. The second kappa shape index (κ2) is 10.5. The summed E-state index contributed by atoms with van der Waals surface area (Å²) in [5, 5.41) is 3.72. The maximum Gasteiger partial charge on any atom is 0.0848 e. The van der Waals surface area contributed by atoms with Crippen LogP contribution in [0.15, 0.2) is 150 Å². The molecule has 3 atom stereocenters. The van der Waals surface area contributed by atoms with E-state index in [1.54, 1.807) is 0 Å². The van der Waals surface area contributed by atoms with Crippen LogP contribution in [-0.4, -0.2) is 17.2 Å². The summed E-state index contributed by atoms with van der Waals surface area (Å²) in [5.74, 6) is 0.755. The van der Waals surface area contributed by atoms with Crippen molar-refractivity contribution in [3.63, 3.8) is 0 Å². The summed E-state index contributed by atoms with van der Waals surface area (Å²) in [6.07, 6.45) is 29.6. The maximum absolute atomic E-state index is 5.27. The number of hydrogen-bond acceptors (Lipinski definition) is 2. The van der Waals surface area contributed by atoms with Crippen LogP contribution in [0.5, 0.6) is 0 Å². The van der Waals surface area contributed by atoms with Crippen molar-refractivity contribution < 1.29 is 0 Å². The zero-order chi connectivity index (χ0) is 27.9. The Morgan fingerprint density at radius 1 is 0.690 bits per heavy atom. The van der Waals surface area contributed by atoms with Gasteiger partial charge in [-0.15, -0.1) is 0 Å². The van der Waals surface area contributed by atoms with Crippen molar-refractivity contribution in [3.8, 4) is 11.3 Å². The first-order valence-electron chi connectivity index (χ1n) is 15.1. The Balaban J connectivity index is 1.23. The number of rotatable bonds is 4. The third-order valence-corrected chi connectivity index (χ3v) is 9.11. The molecule has 0 radical (unpaired) electrons. The molecular formula is C40H32N2. The molecule has 3 unspecified atom stereocenters. The quantitative estimate of drug-likeness (QED) is 0.253. The topological polar surface area (TPSA) is 25.2 Å². The third-order valence-electron chi connectivity index (χ3n) is 9.11. The minimum Gasteiger partial charge on any atom is -0.284 e. The lowest BCUT2D eigenvalue weighted by atomic mass is 9.80. The van der Waals surface area contributed by atoms with Crippen molar-refractivity contribution >= 4 is 33.5 Å². The lowest BCUT2D eigenvalue weighted by Crippen LogP contribution is -2.23. The van der Waals surface area contributed by atoms with Crippen LogP contribution in [0.2, 0.25) is 0 Å². The second-order valence-corrected chi connectivity index (χ2v) is 11.6. The van der Waals surface area contributed by atoms with E-state index in [0.717, 1.165) is 36.0 Å². The fourth-order valence-electron chi connectivity index (χ4n) is 6.83. The van der Waals surface area contributed by atoms with Crippen LogP contribution >= 0.6 is 0 Å². The van der Waals surface area contributed by atoms with Gasteiger partial charge in [-0.2, -0.15) is 0 Å². The van der Waals surface area contributed by atoms with Gasteiger partial charge >= 0.3 is 0 Å². The summed E-state index contributed by atoms with van der Waals surface area (Å²) in [6, 6.07) is 24.7. The van der Waals surface area contributed by atoms with E-state index in [2.05, 4.69) is 134 Å². The Bertz CT molecular complexity index is 1970. The molecule has 2 nitrogen and oxygen atoms in total. The first kappa shape index (κ1) is 24.9. The third kappa shape index (κ3) is 4.54. The van der Waals surface area contributed by atoms with Gasteiger partial charge in [0.15, 0.2) is 0 Å². The normalized spacial score (nSPS) is 22.7. The van der Waals surface area contributed by atoms with Crippen LogP contribution in [0.3, 0.4) is 0 Å². The van der Waals surface area contributed by atoms with Crippen LogP contribution in [0.1, 0.15) is 36.3 Å². The van der Waals surface area contributed by atoms with E-state index in [1.165, 1.54) is 44.0 Å². The molecule has 2 heteroatoms. The molecule has 0 amide bonds. The monoisotopic (exact) mass is 540 g/mol. The number of aliphatic imine (C=N–C) groups is 1. The summed E-state index contributed by atoms with van der Waals surface area (Å²) in [6.45, 7) is 0. The molecule has 4 aromatic rings. The number of nitrogens with zero attached hydrogens (tertiary/aromatic N) is 2. The van der Waals surface area contributed by atoms with E-state index in [4.69, 9.17) is 9.98 Å². The molecule has 3 aliphatic carbocycles. The Hall–Kier alpha value is -4.82. The predicted molar refractivity (Wildman–Crippen MR) is 178 cm³/mol. The van der Waals surface area contributed by atoms with Gasteiger partial charge in [0.1, 0.15) is 0 Å². The first-order valence-corrected chi connectivity index (χ1v) is 15.1. The lowest BCUT2D eigenvalue weighted by Gasteiger charge is -2.29. The highest BCUT2D eigenvalue weighted by Gasteiger charge is 2.27. The summed E-state index contributed by atoms with van der Waals surface area (Å²) < 4.78 is 0. The number of pyridine rings is 1. The molecule has 2 heterocycles. The molecule has 0 saturated carbocycles. The Morgan fingerprint density at radius 3 is 2.45 bits per heavy atom. The van der Waals surface area contributed by atoms with Gasteiger partial charge in [0, 0.05) is 29.0 Å². The summed E-state index contributed by atoms with van der Waals surface area (Å²) in [5.41, 5.74) is 10.00. The molecule has 3 aromatic carbocycles. The molecule has 0 saturated heterocycles. The number of fused-ring (bicyclic) bond motifs is 3. The van der Waals surface area contributed by atoms with Crippen molar-refractivity contribution in [2.75, 3.05) is 0 Å². The smallest absolute Gasteiger partial charge is 0.0848 e. The molecule has 0 N–H and O–H groups in total. The minimum atomic E-state index is 0.199. The minimum absolute atomic E-state index is 0.199. The summed E-state index contributed by atoms with van der Waals surface area (Å²) >= 11 is 0. The Morgan fingerprint density at radius 2 is 1.57 bits per heavy atom. The van der Waals surface area contributed by atoms with Gasteiger partial charge in [-0.25, -0.2) is 4.98 Å². The van der Waals surface area contributed by atoms with Crippen LogP contribution < -0.4 is 0 Å². The Kier molecular flexibility index (Phi) is 6.26. The van der Waals surface area contributed by atoms with Gasteiger partial charge in [0.25, 0.3) is 0 Å². The van der Waals surface area contributed by atoms with E-state index in [0.29, 0.717) is 11.8 Å². The zero-order valence-corrected chi connectivity index (χ0v) is 23.5. The van der Waals surface area contributed by atoms with Gasteiger partial charge in [0.2, 0.25) is 0 Å². The number of hydrogen-bond donors (Lipinski definition) is 0. The van der Waals surface area contributed by atoms with Crippen LogP contribution in [0, 0.1) is 5.92 Å². The standard InChI is InChI=1S/C40H32N2/c1-2-8-27(9-3-1)33-21-22-36-37(26-38(42-39(36)25-33)34-20-15-28-10-4-5-11-32(28)24-34)30-18-16-29(17-19-30)35-14-6-12-31-13-7-23-41-40(31)35/h1-8,10-16,18,20-27,31,40H,9,17,19H2. The van der Waals surface area contributed by atoms with E-state index >= 15 is 0 Å². The highest BCUT2D eigenvalue weighted by molar-refractivity contribution is 5.96. The van der Waals surface area contributed by atoms with Gasteiger partial charge in [-0.1, -0.05) is 109 Å². The SMILES string of the molecule is C1=CCC(c2ccc3c(C4=CC=C(C5=CC=CC6C=CC=NC56)CC4)cc(-c4ccc5ccccc5c4)nc3c2)C=C1. The number of benzene rings is 3. The molecule has 1 aromatic heterocycles. The number of aromatic nitrogens is 1. The molecule has 0 bridgehead atoms. The van der Waals surface area contributed by atoms with Gasteiger partial charge in [-0.05, 0) is 82.2 Å². The molecule has 4 aliphatic rings. The largest absolute Gasteiger partial charge is 0.284 e. The molecule has 0 spiro atoms. The van der Waals surface area contributed by atoms with E-state index in [-0.39, 0.29) is 6.04 Å². The van der Waals surface area contributed by atoms with Gasteiger partial charge in [0.05, 0.1) is 17.3 Å². The van der Waals surface area contributed by atoms with Crippen molar-refractivity contribution in [3.05, 3.63) is 156 Å². The van der Waals surface area contributed by atoms with Gasteiger partial charge in [-0.3, -0.25) is 4.99 Å². The lowest BCUT2D eigenvalue weighted by molar-refractivity contribution is 0.648. The van der Waals surface area contributed by atoms with E-state index in [1.807, 2.05) is 6.21 Å². The maximum atomic E-state index is 5.27. The van der Waals surface area contributed by atoms with E-state index < -0.39 is 0 Å². The van der Waals surface area contributed by atoms with Crippen molar-refractivity contribution in [1.82, 2.24) is 4.98 Å². The molecule has 1 aliphatic heterocycles. The molecule has 0 fully saturated rings. The summed E-state index contributed by atoms with van der Waals surface area (Å²) in [4.78, 5) is 10.1. The molecule has 42 heavy (non-hydrogen) atoms. The Labute approximate surface area is 247 Å². The van der Waals surface area contributed by atoms with E-state index in [9.17, 15) is 0 Å². The molecule has 202 valence electrons. The number of allylic oxidation sites excluding steroid dienone is 10. The van der Waals surface area contributed by atoms with Gasteiger partial charge < -0.3 is 0 Å². The van der Waals surface area contributed by atoms with Crippen molar-refractivity contribution in [2.24, 2.45) is 10.9 Å². The average molecular weight is 541 g/mol.